The van der Waals surface area contributed by atoms with E-state index in [0.717, 1.165) is 0 Å². The SMILES string of the molecule is COc1cc(OC)c(-c2c(OC)cc(OC)c(C(C)=O)c2C)c(C)c1C(C)=O. The maximum absolute atomic E-state index is 12.3. The molecule has 0 spiro atoms. The minimum Gasteiger partial charge on any atom is -0.496 e. The highest BCUT2D eigenvalue weighted by Crippen LogP contribution is 2.47. The average molecular weight is 386 g/mol. The standard InChI is InChI=1S/C22H26O6/c1-11-19(13(3)23)15(25-5)9-17(27-7)21(11)22-12(2)20(14(4)24)16(26-6)10-18(22)28-8/h9-10H,1-8H3. The first-order valence-corrected chi connectivity index (χ1v) is 8.76. The van der Waals surface area contributed by atoms with E-state index < -0.39 is 0 Å². The normalized spacial score (nSPS) is 10.4. The van der Waals surface area contributed by atoms with Gasteiger partial charge in [0.25, 0.3) is 0 Å². The van der Waals surface area contributed by atoms with Crippen molar-refractivity contribution in [2.45, 2.75) is 27.7 Å². The van der Waals surface area contributed by atoms with Gasteiger partial charge in [0.15, 0.2) is 11.6 Å². The average Bonchev–Trinajstić information content (AvgIpc) is 2.65. The van der Waals surface area contributed by atoms with E-state index in [2.05, 4.69) is 0 Å². The summed E-state index contributed by atoms with van der Waals surface area (Å²) in [5.74, 6) is 1.64. The predicted molar refractivity (Wildman–Crippen MR) is 108 cm³/mol. The Morgan fingerprint density at radius 1 is 0.607 bits per heavy atom. The Morgan fingerprint density at radius 2 is 0.893 bits per heavy atom. The summed E-state index contributed by atoms with van der Waals surface area (Å²) in [5.41, 5.74) is 3.63. The van der Waals surface area contributed by atoms with Crippen molar-refractivity contribution in [2.24, 2.45) is 0 Å². The van der Waals surface area contributed by atoms with Gasteiger partial charge in [0.2, 0.25) is 0 Å². The van der Waals surface area contributed by atoms with Crippen LogP contribution in [0.5, 0.6) is 23.0 Å². The molecule has 0 saturated heterocycles. The lowest BCUT2D eigenvalue weighted by Crippen LogP contribution is -2.08. The monoisotopic (exact) mass is 386 g/mol. The van der Waals surface area contributed by atoms with Gasteiger partial charge in [-0.25, -0.2) is 0 Å². The first-order valence-electron chi connectivity index (χ1n) is 8.76. The van der Waals surface area contributed by atoms with Crippen LogP contribution in [0.3, 0.4) is 0 Å². The second-order valence-electron chi connectivity index (χ2n) is 6.42. The predicted octanol–water partition coefficient (Wildman–Crippen LogP) is 4.41. The first-order chi connectivity index (χ1) is 13.2. The van der Waals surface area contributed by atoms with Gasteiger partial charge < -0.3 is 18.9 Å². The Balaban J connectivity index is 3.07. The second kappa shape index (κ2) is 8.33. The number of methoxy groups -OCH3 is 4. The second-order valence-corrected chi connectivity index (χ2v) is 6.42. The molecule has 2 aromatic rings. The van der Waals surface area contributed by atoms with Crippen LogP contribution in [0.1, 0.15) is 45.7 Å². The van der Waals surface area contributed by atoms with Crippen molar-refractivity contribution in [2.75, 3.05) is 28.4 Å². The Morgan fingerprint density at radius 3 is 1.11 bits per heavy atom. The van der Waals surface area contributed by atoms with E-state index in [1.165, 1.54) is 28.1 Å². The number of ether oxygens (including phenoxy) is 4. The van der Waals surface area contributed by atoms with Gasteiger partial charge in [-0.05, 0) is 38.8 Å². The topological polar surface area (TPSA) is 71.1 Å². The molecular formula is C22H26O6. The molecule has 0 aliphatic heterocycles. The van der Waals surface area contributed by atoms with Crippen LogP contribution in [0.15, 0.2) is 12.1 Å². The van der Waals surface area contributed by atoms with Gasteiger partial charge in [0.1, 0.15) is 23.0 Å². The molecule has 0 heterocycles. The summed E-state index contributed by atoms with van der Waals surface area (Å²) in [6.07, 6.45) is 0. The zero-order valence-electron chi connectivity index (χ0n) is 17.6. The van der Waals surface area contributed by atoms with Crippen molar-refractivity contribution >= 4 is 11.6 Å². The van der Waals surface area contributed by atoms with Crippen LogP contribution in [0, 0.1) is 13.8 Å². The molecule has 0 atom stereocenters. The van der Waals surface area contributed by atoms with Gasteiger partial charge in [-0.3, -0.25) is 9.59 Å². The summed E-state index contributed by atoms with van der Waals surface area (Å²) >= 11 is 0. The lowest BCUT2D eigenvalue weighted by Gasteiger charge is -2.23. The molecule has 0 aliphatic carbocycles. The molecule has 0 radical (unpaired) electrons. The van der Waals surface area contributed by atoms with Crippen LogP contribution in [-0.4, -0.2) is 40.0 Å². The van der Waals surface area contributed by atoms with Gasteiger partial charge in [0, 0.05) is 23.3 Å². The molecule has 0 N–H and O–H groups in total. The minimum absolute atomic E-state index is 0.129. The Labute approximate surface area is 165 Å². The maximum atomic E-state index is 12.3. The highest BCUT2D eigenvalue weighted by atomic mass is 16.5. The number of rotatable bonds is 7. The number of carbonyl (C=O) groups is 2. The Bertz CT molecular complexity index is 866. The summed E-state index contributed by atoms with van der Waals surface area (Å²) in [6, 6.07) is 3.35. The molecule has 6 heteroatoms. The highest BCUT2D eigenvalue weighted by Gasteiger charge is 2.27. The fraction of sp³-hybridized carbons (Fsp3) is 0.364. The summed E-state index contributed by atoms with van der Waals surface area (Å²) in [6.45, 7) is 6.63. The number of hydrogen-bond acceptors (Lipinski definition) is 6. The third kappa shape index (κ3) is 3.42. The fourth-order valence-electron chi connectivity index (χ4n) is 3.66. The molecule has 2 aromatic carbocycles. The third-order valence-electron chi connectivity index (χ3n) is 4.84. The van der Waals surface area contributed by atoms with Crippen LogP contribution in [0.4, 0.5) is 0 Å². The smallest absolute Gasteiger partial charge is 0.163 e. The molecule has 0 fully saturated rings. The zero-order chi connectivity index (χ0) is 21.2. The van der Waals surface area contributed by atoms with Gasteiger partial charge in [-0.1, -0.05) is 0 Å². The van der Waals surface area contributed by atoms with E-state index in [-0.39, 0.29) is 11.6 Å². The third-order valence-corrected chi connectivity index (χ3v) is 4.84. The van der Waals surface area contributed by atoms with Crippen LogP contribution >= 0.6 is 0 Å². The number of Topliss-reactive ketones (excluding diaryl/α,β-unsaturated/α-hetero) is 2. The fourth-order valence-corrected chi connectivity index (χ4v) is 3.66. The quantitative estimate of drug-likeness (QED) is 0.657. The molecular weight excluding hydrogens is 360 g/mol. The number of benzene rings is 2. The summed E-state index contributed by atoms with van der Waals surface area (Å²) in [5, 5.41) is 0. The van der Waals surface area contributed by atoms with E-state index in [9.17, 15) is 9.59 Å². The number of hydrogen-bond donors (Lipinski definition) is 0. The largest absolute Gasteiger partial charge is 0.496 e. The summed E-state index contributed by atoms with van der Waals surface area (Å²) < 4.78 is 22.0. The minimum atomic E-state index is -0.129. The zero-order valence-corrected chi connectivity index (χ0v) is 17.6. The van der Waals surface area contributed by atoms with E-state index in [4.69, 9.17) is 18.9 Å². The van der Waals surface area contributed by atoms with Crippen LogP contribution in [0.25, 0.3) is 11.1 Å². The van der Waals surface area contributed by atoms with Crippen LogP contribution < -0.4 is 18.9 Å². The van der Waals surface area contributed by atoms with E-state index in [0.29, 0.717) is 56.4 Å². The van der Waals surface area contributed by atoms with E-state index in [1.807, 2.05) is 13.8 Å². The van der Waals surface area contributed by atoms with Crippen LogP contribution in [0.2, 0.25) is 0 Å². The molecule has 0 amide bonds. The number of ketones is 2. The Hall–Kier alpha value is -3.02. The molecule has 0 unspecified atom stereocenters. The van der Waals surface area contributed by atoms with Crippen molar-refractivity contribution in [1.82, 2.24) is 0 Å². The molecule has 0 saturated carbocycles. The summed E-state index contributed by atoms with van der Waals surface area (Å²) in [4.78, 5) is 24.6. The van der Waals surface area contributed by atoms with Crippen molar-refractivity contribution in [3.05, 3.63) is 34.4 Å². The molecule has 150 valence electrons. The number of carbonyl (C=O) groups excluding carboxylic acids is 2. The molecule has 2 rings (SSSR count). The van der Waals surface area contributed by atoms with Crippen molar-refractivity contribution in [3.63, 3.8) is 0 Å². The first kappa shape index (κ1) is 21.3. The highest BCUT2D eigenvalue weighted by molar-refractivity contribution is 6.04. The van der Waals surface area contributed by atoms with Crippen molar-refractivity contribution < 1.29 is 28.5 Å². The molecule has 0 aromatic heterocycles. The van der Waals surface area contributed by atoms with Gasteiger partial charge in [-0.15, -0.1) is 0 Å². The van der Waals surface area contributed by atoms with Crippen LogP contribution in [-0.2, 0) is 0 Å². The molecule has 0 bridgehead atoms. The lowest BCUT2D eigenvalue weighted by atomic mass is 9.87. The van der Waals surface area contributed by atoms with Crippen molar-refractivity contribution in [3.8, 4) is 34.1 Å². The van der Waals surface area contributed by atoms with Gasteiger partial charge in [0.05, 0.1) is 39.6 Å². The maximum Gasteiger partial charge on any atom is 0.163 e. The van der Waals surface area contributed by atoms with E-state index in [1.54, 1.807) is 26.4 Å². The molecule has 6 nitrogen and oxygen atoms in total. The molecule has 0 aliphatic rings. The summed E-state index contributed by atoms with van der Waals surface area (Å²) in [7, 11) is 6.10. The lowest BCUT2D eigenvalue weighted by molar-refractivity contribution is 0.100. The van der Waals surface area contributed by atoms with E-state index >= 15 is 0 Å². The molecule has 28 heavy (non-hydrogen) atoms. The van der Waals surface area contributed by atoms with Crippen molar-refractivity contribution in [1.29, 1.82) is 0 Å². The van der Waals surface area contributed by atoms with Gasteiger partial charge >= 0.3 is 0 Å². The van der Waals surface area contributed by atoms with Gasteiger partial charge in [-0.2, -0.15) is 0 Å². The Kier molecular flexibility index (Phi) is 6.33.